The Hall–Kier alpha value is -2.60. The number of hydrogen-bond acceptors (Lipinski definition) is 4. The number of methoxy groups -OCH3 is 1. The van der Waals surface area contributed by atoms with E-state index in [1.807, 2.05) is 0 Å². The molecule has 0 saturated carbocycles. The standard InChI is InChI=1S/C14H11ClN2O4/c1-21-13-8-9(6-7-11(13)15)16-14(18)10-4-2-3-5-12(10)17(19)20/h2-8H,1H3,(H,16,18). The summed E-state index contributed by atoms with van der Waals surface area (Å²) in [7, 11) is 1.45. The Morgan fingerprint density at radius 2 is 2.00 bits per heavy atom. The number of benzene rings is 2. The van der Waals surface area contributed by atoms with Gasteiger partial charge in [-0.3, -0.25) is 14.9 Å². The fourth-order valence-electron chi connectivity index (χ4n) is 1.76. The zero-order valence-corrected chi connectivity index (χ0v) is 11.8. The largest absolute Gasteiger partial charge is 0.495 e. The van der Waals surface area contributed by atoms with Crippen molar-refractivity contribution in [3.05, 3.63) is 63.2 Å². The van der Waals surface area contributed by atoms with E-state index in [9.17, 15) is 14.9 Å². The first-order valence-electron chi connectivity index (χ1n) is 5.91. The molecule has 0 bridgehead atoms. The number of amides is 1. The molecule has 2 aromatic carbocycles. The third-order valence-corrected chi connectivity index (χ3v) is 3.07. The molecule has 0 aliphatic rings. The highest BCUT2D eigenvalue weighted by Crippen LogP contribution is 2.28. The summed E-state index contributed by atoms with van der Waals surface area (Å²) in [5.41, 5.74) is 0.159. The van der Waals surface area contributed by atoms with Crippen molar-refractivity contribution >= 4 is 28.9 Å². The molecular weight excluding hydrogens is 296 g/mol. The van der Waals surface area contributed by atoms with Gasteiger partial charge in [-0.1, -0.05) is 23.7 Å². The molecule has 6 nitrogen and oxygen atoms in total. The maximum Gasteiger partial charge on any atom is 0.282 e. The number of ether oxygens (including phenoxy) is 1. The van der Waals surface area contributed by atoms with Crippen molar-refractivity contribution in [3.63, 3.8) is 0 Å². The average Bonchev–Trinajstić information content (AvgIpc) is 2.49. The van der Waals surface area contributed by atoms with Crippen LogP contribution in [0.2, 0.25) is 5.02 Å². The van der Waals surface area contributed by atoms with Gasteiger partial charge >= 0.3 is 0 Å². The summed E-state index contributed by atoms with van der Waals surface area (Å²) >= 11 is 5.89. The van der Waals surface area contributed by atoms with Crippen LogP contribution in [-0.4, -0.2) is 17.9 Å². The van der Waals surface area contributed by atoms with E-state index in [1.54, 1.807) is 18.2 Å². The second kappa shape index (κ2) is 6.23. The molecule has 0 aliphatic heterocycles. The molecule has 2 rings (SSSR count). The first-order valence-corrected chi connectivity index (χ1v) is 6.29. The lowest BCUT2D eigenvalue weighted by molar-refractivity contribution is -0.385. The molecule has 0 aliphatic carbocycles. The van der Waals surface area contributed by atoms with E-state index in [1.165, 1.54) is 31.4 Å². The van der Waals surface area contributed by atoms with Crippen molar-refractivity contribution in [2.75, 3.05) is 12.4 Å². The maximum absolute atomic E-state index is 12.1. The van der Waals surface area contributed by atoms with E-state index in [2.05, 4.69) is 5.32 Å². The van der Waals surface area contributed by atoms with Crippen LogP contribution in [0.3, 0.4) is 0 Å². The van der Waals surface area contributed by atoms with Crippen LogP contribution in [-0.2, 0) is 0 Å². The van der Waals surface area contributed by atoms with Crippen LogP contribution in [0.25, 0.3) is 0 Å². The van der Waals surface area contributed by atoms with Crippen LogP contribution in [0.1, 0.15) is 10.4 Å². The van der Waals surface area contributed by atoms with Crippen LogP contribution in [0.4, 0.5) is 11.4 Å². The number of para-hydroxylation sites is 1. The van der Waals surface area contributed by atoms with Gasteiger partial charge in [0.25, 0.3) is 11.6 Å². The Morgan fingerprint density at radius 1 is 1.29 bits per heavy atom. The molecule has 7 heteroatoms. The Kier molecular flexibility index (Phi) is 4.39. The van der Waals surface area contributed by atoms with Gasteiger partial charge in [0, 0.05) is 17.8 Å². The Morgan fingerprint density at radius 3 is 2.67 bits per heavy atom. The highest BCUT2D eigenvalue weighted by atomic mass is 35.5. The third kappa shape index (κ3) is 3.29. The Balaban J connectivity index is 2.28. The SMILES string of the molecule is COc1cc(NC(=O)c2ccccc2[N+](=O)[O-])ccc1Cl. The third-order valence-electron chi connectivity index (χ3n) is 2.75. The number of carbonyl (C=O) groups excluding carboxylic acids is 1. The van der Waals surface area contributed by atoms with Crippen molar-refractivity contribution in [1.29, 1.82) is 0 Å². The topological polar surface area (TPSA) is 81.5 Å². The van der Waals surface area contributed by atoms with Gasteiger partial charge in [-0.2, -0.15) is 0 Å². The highest BCUT2D eigenvalue weighted by Gasteiger charge is 2.19. The molecular formula is C14H11ClN2O4. The van der Waals surface area contributed by atoms with Crippen LogP contribution in [0.15, 0.2) is 42.5 Å². The number of nitro benzene ring substituents is 1. The minimum Gasteiger partial charge on any atom is -0.495 e. The summed E-state index contributed by atoms with van der Waals surface area (Å²) in [6, 6.07) is 10.4. The van der Waals surface area contributed by atoms with Gasteiger partial charge in [0.05, 0.1) is 17.1 Å². The van der Waals surface area contributed by atoms with E-state index in [0.717, 1.165) is 0 Å². The Bertz CT molecular complexity index is 703. The zero-order chi connectivity index (χ0) is 15.4. The number of hydrogen-bond donors (Lipinski definition) is 1. The molecule has 0 radical (unpaired) electrons. The first-order chi connectivity index (χ1) is 10.0. The van der Waals surface area contributed by atoms with Gasteiger partial charge < -0.3 is 10.1 Å². The second-order valence-electron chi connectivity index (χ2n) is 4.08. The van der Waals surface area contributed by atoms with Gasteiger partial charge in [0.1, 0.15) is 11.3 Å². The molecule has 2 aromatic rings. The van der Waals surface area contributed by atoms with E-state index < -0.39 is 10.8 Å². The monoisotopic (exact) mass is 306 g/mol. The van der Waals surface area contributed by atoms with Gasteiger partial charge in [-0.15, -0.1) is 0 Å². The summed E-state index contributed by atoms with van der Waals surface area (Å²) in [5, 5.41) is 13.9. The number of nitrogens with zero attached hydrogens (tertiary/aromatic N) is 1. The smallest absolute Gasteiger partial charge is 0.282 e. The number of nitrogens with one attached hydrogen (secondary N) is 1. The van der Waals surface area contributed by atoms with Crippen molar-refractivity contribution in [2.45, 2.75) is 0 Å². The van der Waals surface area contributed by atoms with Crippen molar-refractivity contribution < 1.29 is 14.5 Å². The highest BCUT2D eigenvalue weighted by molar-refractivity contribution is 6.32. The molecule has 0 saturated heterocycles. The first kappa shape index (κ1) is 14.8. The second-order valence-corrected chi connectivity index (χ2v) is 4.48. The molecule has 21 heavy (non-hydrogen) atoms. The number of nitro groups is 1. The van der Waals surface area contributed by atoms with Gasteiger partial charge in [-0.05, 0) is 18.2 Å². The molecule has 0 fully saturated rings. The zero-order valence-electron chi connectivity index (χ0n) is 11.0. The normalized spacial score (nSPS) is 10.0. The van der Waals surface area contributed by atoms with Crippen LogP contribution < -0.4 is 10.1 Å². The molecule has 1 N–H and O–H groups in total. The predicted octanol–water partition coefficient (Wildman–Crippen LogP) is 3.51. The van der Waals surface area contributed by atoms with E-state index in [0.29, 0.717) is 16.5 Å². The quantitative estimate of drug-likeness (QED) is 0.692. The van der Waals surface area contributed by atoms with Crippen molar-refractivity contribution in [1.82, 2.24) is 0 Å². The number of anilines is 1. The summed E-state index contributed by atoms with van der Waals surface area (Å²) in [4.78, 5) is 22.4. The van der Waals surface area contributed by atoms with Crippen molar-refractivity contribution in [3.8, 4) is 5.75 Å². The van der Waals surface area contributed by atoms with E-state index in [-0.39, 0.29) is 11.3 Å². The lowest BCUT2D eigenvalue weighted by atomic mass is 10.1. The van der Waals surface area contributed by atoms with Crippen LogP contribution in [0, 0.1) is 10.1 Å². The van der Waals surface area contributed by atoms with E-state index in [4.69, 9.17) is 16.3 Å². The minimum absolute atomic E-state index is 0.0172. The average molecular weight is 307 g/mol. The lowest BCUT2D eigenvalue weighted by Crippen LogP contribution is -2.13. The number of rotatable bonds is 4. The molecule has 0 unspecified atom stereocenters. The van der Waals surface area contributed by atoms with Crippen molar-refractivity contribution in [2.24, 2.45) is 0 Å². The predicted molar refractivity (Wildman–Crippen MR) is 79.1 cm³/mol. The maximum atomic E-state index is 12.1. The molecule has 108 valence electrons. The molecule has 0 aromatic heterocycles. The summed E-state index contributed by atoms with van der Waals surface area (Å²) in [5.74, 6) is -0.177. The molecule has 0 atom stereocenters. The molecule has 1 amide bonds. The summed E-state index contributed by atoms with van der Waals surface area (Å²) in [6.07, 6.45) is 0. The van der Waals surface area contributed by atoms with Gasteiger partial charge in [0.2, 0.25) is 0 Å². The van der Waals surface area contributed by atoms with Gasteiger partial charge in [0.15, 0.2) is 0 Å². The summed E-state index contributed by atoms with van der Waals surface area (Å²) in [6.45, 7) is 0. The van der Waals surface area contributed by atoms with E-state index >= 15 is 0 Å². The number of halogens is 1. The summed E-state index contributed by atoms with van der Waals surface area (Å²) < 4.78 is 5.04. The van der Waals surface area contributed by atoms with Crippen LogP contribution >= 0.6 is 11.6 Å². The number of carbonyl (C=O) groups is 1. The molecule has 0 heterocycles. The fraction of sp³-hybridized carbons (Fsp3) is 0.0714. The Labute approximate surface area is 125 Å². The minimum atomic E-state index is -0.600. The fourth-order valence-corrected chi connectivity index (χ4v) is 1.96. The molecule has 0 spiro atoms. The van der Waals surface area contributed by atoms with Crippen LogP contribution in [0.5, 0.6) is 5.75 Å². The van der Waals surface area contributed by atoms with Gasteiger partial charge in [-0.25, -0.2) is 0 Å². The lowest BCUT2D eigenvalue weighted by Gasteiger charge is -2.08.